The van der Waals surface area contributed by atoms with Crippen molar-refractivity contribution in [1.82, 2.24) is 9.97 Å². The largest absolute Gasteiger partial charge is 0.480 e. The molecule has 0 bridgehead atoms. The van der Waals surface area contributed by atoms with Crippen molar-refractivity contribution in [3.8, 4) is 5.88 Å². The first-order valence-corrected chi connectivity index (χ1v) is 5.95. The van der Waals surface area contributed by atoms with Crippen LogP contribution in [0.1, 0.15) is 17.3 Å². The highest BCUT2D eigenvalue weighted by Crippen LogP contribution is 2.33. The molecule has 1 atom stereocenters. The third-order valence-electron chi connectivity index (χ3n) is 2.50. The second-order valence-electron chi connectivity index (χ2n) is 3.57. The predicted octanol–water partition coefficient (Wildman–Crippen LogP) is 2.84. The van der Waals surface area contributed by atoms with Gasteiger partial charge in [0.15, 0.2) is 0 Å². The van der Waals surface area contributed by atoms with Gasteiger partial charge in [-0.3, -0.25) is 4.98 Å². The molecule has 0 aliphatic heterocycles. The fourth-order valence-corrected chi connectivity index (χ4v) is 2.04. The van der Waals surface area contributed by atoms with Crippen LogP contribution in [-0.2, 0) is 0 Å². The van der Waals surface area contributed by atoms with Gasteiger partial charge in [-0.15, -0.1) is 0 Å². The van der Waals surface area contributed by atoms with E-state index in [-0.39, 0.29) is 0 Å². The molecule has 0 aliphatic rings. The lowest BCUT2D eigenvalue weighted by Gasteiger charge is -2.15. The van der Waals surface area contributed by atoms with Crippen molar-refractivity contribution < 1.29 is 4.74 Å². The molecule has 0 fully saturated rings. The minimum atomic E-state index is -0.542. The number of hydrogen-bond acceptors (Lipinski definition) is 4. The summed E-state index contributed by atoms with van der Waals surface area (Å²) >= 11 is 12.1. The molecule has 1 unspecified atom stereocenters. The second kappa shape index (κ2) is 5.52. The summed E-state index contributed by atoms with van der Waals surface area (Å²) < 4.78 is 5.13. The molecule has 0 saturated heterocycles. The molecule has 1 aromatic heterocycles. The number of methoxy groups -OCH3 is 1. The van der Waals surface area contributed by atoms with Gasteiger partial charge in [0.1, 0.15) is 5.69 Å². The molecule has 1 aromatic carbocycles. The van der Waals surface area contributed by atoms with Gasteiger partial charge in [-0.2, -0.15) is 0 Å². The molecule has 2 aromatic rings. The zero-order valence-electron chi connectivity index (χ0n) is 9.60. The van der Waals surface area contributed by atoms with Crippen molar-refractivity contribution in [2.45, 2.75) is 6.04 Å². The number of rotatable bonds is 3. The molecule has 0 saturated carbocycles. The number of nitrogens with zero attached hydrogens (tertiary/aromatic N) is 2. The van der Waals surface area contributed by atoms with Crippen LogP contribution in [-0.4, -0.2) is 17.1 Å². The van der Waals surface area contributed by atoms with Gasteiger partial charge in [-0.25, -0.2) is 4.98 Å². The standard InChI is InChI=1S/C12H11Cl2N3O/c1-18-12-11(16-5-6-17-12)10(15)7-3-2-4-8(13)9(7)14/h2-6,10H,15H2,1H3. The van der Waals surface area contributed by atoms with E-state index < -0.39 is 6.04 Å². The Morgan fingerprint density at radius 2 is 1.94 bits per heavy atom. The van der Waals surface area contributed by atoms with Gasteiger partial charge in [0, 0.05) is 12.4 Å². The van der Waals surface area contributed by atoms with Crippen LogP contribution in [0.5, 0.6) is 5.88 Å². The summed E-state index contributed by atoms with van der Waals surface area (Å²) in [6, 6.07) is 4.74. The topological polar surface area (TPSA) is 61.0 Å². The molecule has 0 radical (unpaired) electrons. The zero-order valence-corrected chi connectivity index (χ0v) is 11.1. The maximum Gasteiger partial charge on any atom is 0.237 e. The van der Waals surface area contributed by atoms with E-state index in [0.717, 1.165) is 0 Å². The number of hydrogen-bond donors (Lipinski definition) is 1. The molecule has 94 valence electrons. The van der Waals surface area contributed by atoms with Crippen LogP contribution in [0.2, 0.25) is 10.0 Å². The van der Waals surface area contributed by atoms with Crippen LogP contribution in [0.3, 0.4) is 0 Å². The second-order valence-corrected chi connectivity index (χ2v) is 4.36. The quantitative estimate of drug-likeness (QED) is 0.941. The van der Waals surface area contributed by atoms with Gasteiger partial charge in [-0.1, -0.05) is 35.3 Å². The van der Waals surface area contributed by atoms with Crippen molar-refractivity contribution in [3.05, 3.63) is 51.9 Å². The number of aromatic nitrogens is 2. The average molecular weight is 284 g/mol. The van der Waals surface area contributed by atoms with Crippen LogP contribution in [0.4, 0.5) is 0 Å². The molecule has 18 heavy (non-hydrogen) atoms. The van der Waals surface area contributed by atoms with Crippen molar-refractivity contribution in [2.24, 2.45) is 5.73 Å². The lowest BCUT2D eigenvalue weighted by atomic mass is 10.0. The number of benzene rings is 1. The summed E-state index contributed by atoms with van der Waals surface area (Å²) in [5.74, 6) is 0.376. The van der Waals surface area contributed by atoms with Crippen molar-refractivity contribution in [2.75, 3.05) is 7.11 Å². The van der Waals surface area contributed by atoms with E-state index in [1.807, 2.05) is 0 Å². The SMILES string of the molecule is COc1nccnc1C(N)c1cccc(Cl)c1Cl. The Kier molecular flexibility index (Phi) is 4.01. The van der Waals surface area contributed by atoms with Gasteiger partial charge in [-0.05, 0) is 11.6 Å². The molecule has 0 spiro atoms. The van der Waals surface area contributed by atoms with E-state index in [9.17, 15) is 0 Å². The smallest absolute Gasteiger partial charge is 0.237 e. The van der Waals surface area contributed by atoms with Gasteiger partial charge in [0.2, 0.25) is 5.88 Å². The first-order chi connectivity index (χ1) is 8.65. The van der Waals surface area contributed by atoms with Crippen molar-refractivity contribution in [3.63, 3.8) is 0 Å². The Hall–Kier alpha value is -1.36. The van der Waals surface area contributed by atoms with Gasteiger partial charge < -0.3 is 10.5 Å². The molecule has 2 rings (SSSR count). The highest BCUT2D eigenvalue weighted by Gasteiger charge is 2.19. The molecular formula is C12H11Cl2N3O. The molecule has 1 heterocycles. The summed E-state index contributed by atoms with van der Waals surface area (Å²) in [7, 11) is 1.51. The maximum absolute atomic E-state index is 6.14. The van der Waals surface area contributed by atoms with Crippen LogP contribution in [0, 0.1) is 0 Å². The van der Waals surface area contributed by atoms with Crippen molar-refractivity contribution >= 4 is 23.2 Å². The monoisotopic (exact) mass is 283 g/mol. The van der Waals surface area contributed by atoms with Crippen LogP contribution < -0.4 is 10.5 Å². The Morgan fingerprint density at radius 3 is 2.67 bits per heavy atom. The number of ether oxygens (including phenoxy) is 1. The number of nitrogens with two attached hydrogens (primary N) is 1. The summed E-state index contributed by atoms with van der Waals surface area (Å²) in [5.41, 5.74) is 7.34. The molecule has 6 heteroatoms. The normalized spacial score (nSPS) is 12.2. The molecular weight excluding hydrogens is 273 g/mol. The van der Waals surface area contributed by atoms with E-state index in [1.54, 1.807) is 24.4 Å². The third-order valence-corrected chi connectivity index (χ3v) is 3.33. The summed E-state index contributed by atoms with van der Waals surface area (Å²) in [6.07, 6.45) is 3.09. The third kappa shape index (κ3) is 2.41. The minimum Gasteiger partial charge on any atom is -0.480 e. The average Bonchev–Trinajstić information content (AvgIpc) is 2.41. The molecule has 4 nitrogen and oxygen atoms in total. The van der Waals surface area contributed by atoms with Crippen LogP contribution in [0.25, 0.3) is 0 Å². The Labute approximate surface area is 115 Å². The first kappa shape index (κ1) is 13.1. The van der Waals surface area contributed by atoms with E-state index >= 15 is 0 Å². The highest BCUT2D eigenvalue weighted by molar-refractivity contribution is 6.42. The minimum absolute atomic E-state index is 0.376. The van der Waals surface area contributed by atoms with E-state index in [0.29, 0.717) is 27.2 Å². The molecule has 2 N–H and O–H groups in total. The highest BCUT2D eigenvalue weighted by atomic mass is 35.5. The van der Waals surface area contributed by atoms with Gasteiger partial charge >= 0.3 is 0 Å². The van der Waals surface area contributed by atoms with Gasteiger partial charge in [0.25, 0.3) is 0 Å². The lowest BCUT2D eigenvalue weighted by Crippen LogP contribution is -2.16. The summed E-state index contributed by atoms with van der Waals surface area (Å²) in [4.78, 5) is 8.24. The Bertz CT molecular complexity index is 563. The Morgan fingerprint density at radius 1 is 1.22 bits per heavy atom. The maximum atomic E-state index is 6.14. The van der Waals surface area contributed by atoms with E-state index in [2.05, 4.69) is 9.97 Å². The van der Waals surface area contributed by atoms with E-state index in [4.69, 9.17) is 33.7 Å². The van der Waals surface area contributed by atoms with Crippen LogP contribution in [0.15, 0.2) is 30.6 Å². The van der Waals surface area contributed by atoms with Crippen molar-refractivity contribution in [1.29, 1.82) is 0 Å². The predicted molar refractivity (Wildman–Crippen MR) is 71.1 cm³/mol. The first-order valence-electron chi connectivity index (χ1n) is 5.19. The van der Waals surface area contributed by atoms with Crippen LogP contribution >= 0.6 is 23.2 Å². The zero-order chi connectivity index (χ0) is 13.1. The Balaban J connectivity index is 2.48. The molecule has 0 amide bonds. The molecule has 0 aliphatic carbocycles. The van der Waals surface area contributed by atoms with Gasteiger partial charge in [0.05, 0.1) is 23.2 Å². The number of halogens is 2. The lowest BCUT2D eigenvalue weighted by molar-refractivity contribution is 0.387. The summed E-state index contributed by atoms with van der Waals surface area (Å²) in [5, 5.41) is 0.867. The van der Waals surface area contributed by atoms with E-state index in [1.165, 1.54) is 13.3 Å². The fourth-order valence-electron chi connectivity index (χ4n) is 1.61. The summed E-state index contributed by atoms with van der Waals surface area (Å²) in [6.45, 7) is 0. The fraction of sp³-hybridized carbons (Fsp3) is 0.167.